The van der Waals surface area contributed by atoms with Crippen LogP contribution in [0.2, 0.25) is 0 Å². The number of rotatable bonds is 7. The maximum atomic E-state index is 12.4. The summed E-state index contributed by atoms with van der Waals surface area (Å²) in [5.74, 6) is 2.10. The van der Waals surface area contributed by atoms with Gasteiger partial charge in [-0.3, -0.25) is 4.79 Å². The molecule has 1 N–H and O–H groups in total. The van der Waals surface area contributed by atoms with Crippen LogP contribution in [-0.2, 0) is 4.79 Å². The van der Waals surface area contributed by atoms with Gasteiger partial charge in [-0.05, 0) is 23.3 Å². The van der Waals surface area contributed by atoms with Gasteiger partial charge >= 0.3 is 0 Å². The Morgan fingerprint density at radius 1 is 0.893 bits per heavy atom. The molecule has 0 atom stereocenters. The number of benzene rings is 3. The molecular formula is C23H21NO3S. The van der Waals surface area contributed by atoms with Crippen LogP contribution in [0.4, 0.5) is 5.69 Å². The normalized spacial score (nSPS) is 12.2. The number of thioether (sulfide) groups is 1. The Morgan fingerprint density at radius 2 is 1.54 bits per heavy atom. The summed E-state index contributed by atoms with van der Waals surface area (Å²) >= 11 is 1.78. The fourth-order valence-electron chi connectivity index (χ4n) is 3.11. The molecule has 4 rings (SSSR count). The summed E-state index contributed by atoms with van der Waals surface area (Å²) in [6.45, 7) is 0.226. The smallest absolute Gasteiger partial charge is 0.231 e. The van der Waals surface area contributed by atoms with Crippen molar-refractivity contribution in [3.63, 3.8) is 0 Å². The van der Waals surface area contributed by atoms with E-state index in [-0.39, 0.29) is 18.0 Å². The molecule has 1 heterocycles. The van der Waals surface area contributed by atoms with E-state index in [0.717, 1.165) is 11.4 Å². The molecule has 0 radical (unpaired) electrons. The molecule has 1 amide bonds. The molecule has 0 saturated carbocycles. The van der Waals surface area contributed by atoms with E-state index in [4.69, 9.17) is 9.47 Å². The zero-order valence-corrected chi connectivity index (χ0v) is 16.2. The summed E-state index contributed by atoms with van der Waals surface area (Å²) in [5.41, 5.74) is 3.21. The van der Waals surface area contributed by atoms with Crippen LogP contribution in [0.1, 0.15) is 22.8 Å². The van der Waals surface area contributed by atoms with Gasteiger partial charge in [-0.25, -0.2) is 0 Å². The van der Waals surface area contributed by atoms with Crippen LogP contribution >= 0.6 is 11.8 Å². The molecule has 0 unspecified atom stereocenters. The maximum absolute atomic E-state index is 12.4. The van der Waals surface area contributed by atoms with Crippen molar-refractivity contribution in [1.29, 1.82) is 0 Å². The highest BCUT2D eigenvalue weighted by atomic mass is 32.2. The first kappa shape index (κ1) is 18.4. The molecule has 0 saturated heterocycles. The van der Waals surface area contributed by atoms with Crippen molar-refractivity contribution in [2.24, 2.45) is 0 Å². The Kier molecular flexibility index (Phi) is 5.83. The first-order chi connectivity index (χ1) is 13.8. The molecule has 0 fully saturated rings. The molecule has 142 valence electrons. The quantitative estimate of drug-likeness (QED) is 0.596. The van der Waals surface area contributed by atoms with Gasteiger partial charge < -0.3 is 14.8 Å². The number of amides is 1. The van der Waals surface area contributed by atoms with Crippen LogP contribution in [0, 0.1) is 0 Å². The number of nitrogens with one attached hydrogen (secondary N) is 1. The average Bonchev–Trinajstić information content (AvgIpc) is 3.20. The molecule has 1 aliphatic heterocycles. The fraction of sp³-hybridized carbons (Fsp3) is 0.174. The van der Waals surface area contributed by atoms with E-state index < -0.39 is 0 Å². The second kappa shape index (κ2) is 8.85. The van der Waals surface area contributed by atoms with E-state index in [0.29, 0.717) is 17.9 Å². The van der Waals surface area contributed by atoms with Crippen molar-refractivity contribution in [3.8, 4) is 11.5 Å². The molecule has 0 aliphatic carbocycles. The number of anilines is 1. The van der Waals surface area contributed by atoms with E-state index in [9.17, 15) is 4.79 Å². The van der Waals surface area contributed by atoms with Crippen molar-refractivity contribution >= 4 is 23.4 Å². The number of hydrogen-bond acceptors (Lipinski definition) is 4. The third-order valence-electron chi connectivity index (χ3n) is 4.47. The van der Waals surface area contributed by atoms with Gasteiger partial charge in [-0.2, -0.15) is 0 Å². The molecule has 0 bridgehead atoms. The summed E-state index contributed by atoms with van der Waals surface area (Å²) < 4.78 is 10.6. The van der Waals surface area contributed by atoms with Crippen molar-refractivity contribution in [2.75, 3.05) is 17.9 Å². The third-order valence-corrected chi connectivity index (χ3v) is 5.79. The zero-order chi connectivity index (χ0) is 19.2. The lowest BCUT2D eigenvalue weighted by atomic mass is 10.0. The molecule has 4 nitrogen and oxygen atoms in total. The number of fused-ring (bicyclic) bond motifs is 1. The molecule has 3 aromatic rings. The van der Waals surface area contributed by atoms with E-state index >= 15 is 0 Å². The van der Waals surface area contributed by atoms with Gasteiger partial charge in [0.1, 0.15) is 0 Å². The first-order valence-electron chi connectivity index (χ1n) is 9.20. The van der Waals surface area contributed by atoms with E-state index in [2.05, 4.69) is 53.8 Å². The van der Waals surface area contributed by atoms with Crippen molar-refractivity contribution < 1.29 is 14.3 Å². The maximum Gasteiger partial charge on any atom is 0.231 e. The zero-order valence-electron chi connectivity index (χ0n) is 15.3. The van der Waals surface area contributed by atoms with Gasteiger partial charge in [0, 0.05) is 23.9 Å². The standard InChI is InChI=1S/C23H21NO3S/c25-22(24-19-11-12-20-21(15-19)27-16-26-20)13-14-28-23(17-7-3-1-4-8-17)18-9-5-2-6-10-18/h1-12,15,23H,13-14,16H2,(H,24,25). The fourth-order valence-corrected chi connectivity index (χ4v) is 4.35. The van der Waals surface area contributed by atoms with E-state index in [1.807, 2.05) is 24.3 Å². The van der Waals surface area contributed by atoms with Crippen LogP contribution < -0.4 is 14.8 Å². The van der Waals surface area contributed by atoms with Crippen LogP contribution in [-0.4, -0.2) is 18.5 Å². The molecule has 0 spiro atoms. The average molecular weight is 391 g/mol. The Balaban J connectivity index is 1.36. The number of ether oxygens (including phenoxy) is 2. The molecule has 0 aromatic heterocycles. The van der Waals surface area contributed by atoms with Crippen LogP contribution in [0.5, 0.6) is 11.5 Å². The SMILES string of the molecule is O=C(CCSC(c1ccccc1)c1ccccc1)Nc1ccc2c(c1)OCO2. The lowest BCUT2D eigenvalue weighted by Gasteiger charge is -2.17. The minimum absolute atomic E-state index is 0.00811. The predicted molar refractivity (Wildman–Crippen MR) is 113 cm³/mol. The second-order valence-corrected chi connectivity index (χ2v) is 7.65. The van der Waals surface area contributed by atoms with Crippen LogP contribution in [0.25, 0.3) is 0 Å². The van der Waals surface area contributed by atoms with Gasteiger partial charge in [-0.1, -0.05) is 60.7 Å². The monoisotopic (exact) mass is 391 g/mol. The summed E-state index contributed by atoms with van der Waals surface area (Å²) in [5, 5.41) is 3.15. The van der Waals surface area contributed by atoms with Gasteiger partial charge in [0.05, 0.1) is 5.25 Å². The summed E-state index contributed by atoms with van der Waals surface area (Å²) in [4.78, 5) is 12.4. The van der Waals surface area contributed by atoms with Crippen LogP contribution in [0.3, 0.4) is 0 Å². The number of carbonyl (C=O) groups excluding carboxylic acids is 1. The highest BCUT2D eigenvalue weighted by Gasteiger charge is 2.16. The van der Waals surface area contributed by atoms with Gasteiger partial charge in [0.15, 0.2) is 11.5 Å². The topological polar surface area (TPSA) is 47.6 Å². The van der Waals surface area contributed by atoms with Crippen molar-refractivity contribution in [2.45, 2.75) is 11.7 Å². The van der Waals surface area contributed by atoms with Gasteiger partial charge in [-0.15, -0.1) is 11.8 Å². The molecule has 1 aliphatic rings. The molecular weight excluding hydrogens is 370 g/mol. The highest BCUT2D eigenvalue weighted by molar-refractivity contribution is 7.99. The van der Waals surface area contributed by atoms with Crippen LogP contribution in [0.15, 0.2) is 78.9 Å². The molecule has 5 heteroatoms. The Labute approximate surface area is 168 Å². The Morgan fingerprint density at radius 3 is 2.21 bits per heavy atom. The largest absolute Gasteiger partial charge is 0.454 e. The molecule has 3 aromatic carbocycles. The highest BCUT2D eigenvalue weighted by Crippen LogP contribution is 2.36. The number of hydrogen-bond donors (Lipinski definition) is 1. The lowest BCUT2D eigenvalue weighted by molar-refractivity contribution is -0.115. The van der Waals surface area contributed by atoms with E-state index in [1.165, 1.54) is 11.1 Å². The predicted octanol–water partition coefficient (Wildman–Crippen LogP) is 5.27. The summed E-state index contributed by atoms with van der Waals surface area (Å²) in [6.07, 6.45) is 0.440. The summed E-state index contributed by atoms with van der Waals surface area (Å²) in [6, 6.07) is 26.2. The molecule has 28 heavy (non-hydrogen) atoms. The minimum atomic E-state index is -0.00811. The second-order valence-electron chi connectivity index (χ2n) is 6.44. The van der Waals surface area contributed by atoms with Gasteiger partial charge in [0.25, 0.3) is 0 Å². The van der Waals surface area contributed by atoms with Crippen molar-refractivity contribution in [3.05, 3.63) is 90.0 Å². The third kappa shape index (κ3) is 4.49. The lowest BCUT2D eigenvalue weighted by Crippen LogP contribution is -2.12. The summed E-state index contributed by atoms with van der Waals surface area (Å²) in [7, 11) is 0. The van der Waals surface area contributed by atoms with Gasteiger partial charge in [0.2, 0.25) is 12.7 Å². The van der Waals surface area contributed by atoms with Crippen molar-refractivity contribution in [1.82, 2.24) is 0 Å². The Hall–Kier alpha value is -2.92. The minimum Gasteiger partial charge on any atom is -0.454 e. The van der Waals surface area contributed by atoms with E-state index in [1.54, 1.807) is 17.8 Å². The first-order valence-corrected chi connectivity index (χ1v) is 10.3. The number of carbonyl (C=O) groups is 1. The Bertz CT molecular complexity index is 892.